The van der Waals surface area contributed by atoms with Crippen LogP contribution in [0.5, 0.6) is 5.75 Å². The highest BCUT2D eigenvalue weighted by molar-refractivity contribution is 8.19. The Hall–Kier alpha value is -3.16. The largest absolute Gasteiger partial charge is 0.497 e. The molecule has 0 unspecified atom stereocenters. The van der Waals surface area contributed by atoms with Crippen molar-refractivity contribution in [2.45, 2.75) is 18.4 Å². The lowest BCUT2D eigenvalue weighted by Crippen LogP contribution is -2.29. The van der Waals surface area contributed by atoms with E-state index in [1.807, 2.05) is 79.8 Å². The van der Waals surface area contributed by atoms with Gasteiger partial charge in [0.1, 0.15) is 10.7 Å². The van der Waals surface area contributed by atoms with Crippen LogP contribution in [0.2, 0.25) is 0 Å². The second-order valence-corrected chi connectivity index (χ2v) is 9.85. The lowest BCUT2D eigenvalue weighted by molar-refractivity contribution is -0.122. The van der Waals surface area contributed by atoms with Crippen LogP contribution in [-0.2, 0) is 11.3 Å². The average Bonchev–Trinajstić information content (AvgIpc) is 3.32. The smallest absolute Gasteiger partial charge is 0.269 e. The number of fused-ring (bicyclic) bond motifs is 1. The van der Waals surface area contributed by atoms with Crippen LogP contribution in [0.4, 0.5) is 11.4 Å². The van der Waals surface area contributed by atoms with E-state index in [4.69, 9.17) is 9.73 Å². The third-order valence-electron chi connectivity index (χ3n) is 5.54. The van der Waals surface area contributed by atoms with E-state index < -0.39 is 0 Å². The topological polar surface area (TPSA) is 45.1 Å². The summed E-state index contributed by atoms with van der Waals surface area (Å²) in [5.41, 5.74) is 4.11. The summed E-state index contributed by atoms with van der Waals surface area (Å²) in [6.07, 6.45) is 0. The van der Waals surface area contributed by atoms with Crippen LogP contribution in [0.3, 0.4) is 0 Å². The molecule has 2 aliphatic rings. The quantitative estimate of drug-likeness (QED) is 0.424. The Kier molecular flexibility index (Phi) is 5.91. The van der Waals surface area contributed by atoms with Crippen LogP contribution < -0.4 is 9.64 Å². The lowest BCUT2D eigenvalue weighted by Gasteiger charge is -2.17. The first-order valence-electron chi connectivity index (χ1n) is 10.6. The van der Waals surface area contributed by atoms with Gasteiger partial charge in [-0.2, -0.15) is 0 Å². The van der Waals surface area contributed by atoms with Crippen molar-refractivity contribution in [1.82, 2.24) is 4.90 Å². The number of amidine groups is 1. The van der Waals surface area contributed by atoms with Crippen molar-refractivity contribution in [2.24, 2.45) is 4.99 Å². The van der Waals surface area contributed by atoms with Crippen molar-refractivity contribution in [1.29, 1.82) is 0 Å². The number of anilines is 1. The zero-order valence-electron chi connectivity index (χ0n) is 18.6. The maximum absolute atomic E-state index is 13.7. The fraction of sp³-hybridized carbons (Fsp3) is 0.154. The molecular weight excluding hydrogens is 450 g/mol. The molecule has 166 valence electrons. The molecule has 0 spiro atoms. The SMILES string of the molecule is COc1ccc2c(c1)N(C)/C(=C1/SC(=Nc3ccc(C)cc3)N(Cc3ccccc3)C1=O)S2. The molecule has 0 N–H and O–H groups in total. The molecule has 0 aromatic heterocycles. The molecule has 0 saturated carbocycles. The number of amides is 1. The van der Waals surface area contributed by atoms with E-state index in [2.05, 4.69) is 11.8 Å². The van der Waals surface area contributed by atoms with Crippen molar-refractivity contribution in [3.05, 3.63) is 93.9 Å². The number of aryl methyl sites for hydroxylation is 1. The second kappa shape index (κ2) is 9.00. The summed E-state index contributed by atoms with van der Waals surface area (Å²) < 4.78 is 5.39. The van der Waals surface area contributed by atoms with E-state index in [1.165, 1.54) is 17.3 Å². The number of ether oxygens (including phenoxy) is 1. The summed E-state index contributed by atoms with van der Waals surface area (Å²) in [6.45, 7) is 2.53. The fourth-order valence-electron chi connectivity index (χ4n) is 3.71. The molecule has 1 amide bonds. The molecule has 2 aliphatic heterocycles. The van der Waals surface area contributed by atoms with Crippen molar-refractivity contribution in [2.75, 3.05) is 19.1 Å². The van der Waals surface area contributed by atoms with Gasteiger partial charge in [0.2, 0.25) is 0 Å². The van der Waals surface area contributed by atoms with Gasteiger partial charge < -0.3 is 9.64 Å². The van der Waals surface area contributed by atoms with Crippen molar-refractivity contribution >= 4 is 46.0 Å². The van der Waals surface area contributed by atoms with E-state index in [0.29, 0.717) is 16.6 Å². The third kappa shape index (κ3) is 4.26. The number of aliphatic imine (C=N–C) groups is 1. The van der Waals surface area contributed by atoms with E-state index >= 15 is 0 Å². The Morgan fingerprint density at radius 1 is 0.970 bits per heavy atom. The van der Waals surface area contributed by atoms with E-state index in [1.54, 1.807) is 23.8 Å². The number of hydrogen-bond acceptors (Lipinski definition) is 6. The molecule has 7 heteroatoms. The number of carbonyl (C=O) groups is 1. The van der Waals surface area contributed by atoms with Gasteiger partial charge in [-0.05, 0) is 48.5 Å². The third-order valence-corrected chi connectivity index (χ3v) is 7.97. The summed E-state index contributed by atoms with van der Waals surface area (Å²) in [6, 6.07) is 24.1. The summed E-state index contributed by atoms with van der Waals surface area (Å²) in [5, 5.41) is 1.61. The Morgan fingerprint density at radius 2 is 1.73 bits per heavy atom. The van der Waals surface area contributed by atoms with E-state index in [0.717, 1.165) is 32.6 Å². The maximum atomic E-state index is 13.7. The van der Waals surface area contributed by atoms with Gasteiger partial charge in [0.05, 0.1) is 30.1 Å². The molecule has 0 aliphatic carbocycles. The second-order valence-electron chi connectivity index (χ2n) is 7.84. The molecule has 3 aromatic carbocycles. The molecule has 33 heavy (non-hydrogen) atoms. The molecule has 3 aromatic rings. The summed E-state index contributed by atoms with van der Waals surface area (Å²) in [7, 11) is 3.65. The van der Waals surface area contributed by atoms with Gasteiger partial charge in [0.25, 0.3) is 5.91 Å². The minimum atomic E-state index is -0.0242. The molecule has 0 radical (unpaired) electrons. The highest BCUT2D eigenvalue weighted by atomic mass is 32.2. The van der Waals surface area contributed by atoms with Gasteiger partial charge in [-0.25, -0.2) is 4.99 Å². The Labute approximate surface area is 202 Å². The predicted octanol–water partition coefficient (Wildman–Crippen LogP) is 6.18. The Bertz CT molecular complexity index is 1270. The number of benzene rings is 3. The van der Waals surface area contributed by atoms with Crippen LogP contribution >= 0.6 is 23.5 Å². The monoisotopic (exact) mass is 473 g/mol. The average molecular weight is 474 g/mol. The molecular formula is C26H23N3O2S2. The molecule has 0 bridgehead atoms. The number of hydrogen-bond donors (Lipinski definition) is 0. The lowest BCUT2D eigenvalue weighted by atomic mass is 10.2. The minimum absolute atomic E-state index is 0.0242. The minimum Gasteiger partial charge on any atom is -0.497 e. The number of carbonyl (C=O) groups excluding carboxylic acids is 1. The first-order valence-corrected chi connectivity index (χ1v) is 12.2. The van der Waals surface area contributed by atoms with Gasteiger partial charge in [-0.1, -0.05) is 59.8 Å². The Balaban J connectivity index is 1.54. The number of nitrogens with zero attached hydrogens (tertiary/aromatic N) is 3. The van der Waals surface area contributed by atoms with Crippen LogP contribution in [0, 0.1) is 6.92 Å². The normalized spacial score (nSPS) is 18.9. The summed E-state index contributed by atoms with van der Waals surface area (Å²) in [5.74, 6) is 0.772. The zero-order valence-corrected chi connectivity index (χ0v) is 20.2. The fourth-order valence-corrected chi connectivity index (χ4v) is 6.03. The van der Waals surface area contributed by atoms with Crippen molar-refractivity contribution in [3.63, 3.8) is 0 Å². The van der Waals surface area contributed by atoms with E-state index in [9.17, 15) is 4.79 Å². The molecule has 5 nitrogen and oxygen atoms in total. The predicted molar refractivity (Wildman–Crippen MR) is 137 cm³/mol. The van der Waals surface area contributed by atoms with Crippen molar-refractivity contribution in [3.8, 4) is 5.75 Å². The zero-order chi connectivity index (χ0) is 22.9. The van der Waals surface area contributed by atoms with E-state index in [-0.39, 0.29) is 5.91 Å². The van der Waals surface area contributed by atoms with Crippen molar-refractivity contribution < 1.29 is 9.53 Å². The van der Waals surface area contributed by atoms with Gasteiger partial charge in [0, 0.05) is 18.0 Å². The Morgan fingerprint density at radius 3 is 2.45 bits per heavy atom. The van der Waals surface area contributed by atoms with Gasteiger partial charge in [-0.3, -0.25) is 9.69 Å². The molecule has 1 saturated heterocycles. The first kappa shape index (κ1) is 21.7. The number of methoxy groups -OCH3 is 1. The maximum Gasteiger partial charge on any atom is 0.269 e. The molecule has 0 atom stereocenters. The number of rotatable bonds is 4. The number of thioether (sulfide) groups is 2. The van der Waals surface area contributed by atoms with Crippen LogP contribution in [0.1, 0.15) is 11.1 Å². The standard InChI is InChI=1S/C26H23N3O2S2/c1-17-9-11-19(12-10-17)27-26-29(16-18-7-5-4-6-8-18)24(30)23(33-26)25-28(2)21-15-20(31-3)13-14-22(21)32-25/h4-15H,16H2,1-3H3/b25-23-,27-26?. The van der Waals surface area contributed by atoms with Gasteiger partial charge in [-0.15, -0.1) is 0 Å². The van der Waals surface area contributed by atoms with Gasteiger partial charge >= 0.3 is 0 Å². The van der Waals surface area contributed by atoms with Crippen LogP contribution in [-0.4, -0.2) is 30.1 Å². The highest BCUT2D eigenvalue weighted by Crippen LogP contribution is 2.51. The first-order chi connectivity index (χ1) is 16.0. The summed E-state index contributed by atoms with van der Waals surface area (Å²) in [4.78, 5) is 24.2. The molecule has 1 fully saturated rings. The molecule has 2 heterocycles. The molecule has 5 rings (SSSR count). The highest BCUT2D eigenvalue weighted by Gasteiger charge is 2.39. The van der Waals surface area contributed by atoms with Crippen LogP contribution in [0.15, 0.2) is 92.6 Å². The summed E-state index contributed by atoms with van der Waals surface area (Å²) >= 11 is 3.05. The van der Waals surface area contributed by atoms with Gasteiger partial charge in [0.15, 0.2) is 5.17 Å². The van der Waals surface area contributed by atoms with Crippen LogP contribution in [0.25, 0.3) is 0 Å².